The molecule has 0 bridgehead atoms. The first-order valence-corrected chi connectivity index (χ1v) is 5.40. The number of hydrogen-bond donors (Lipinski definition) is 2. The number of carbonyl (C=O) groups is 1. The highest BCUT2D eigenvalue weighted by molar-refractivity contribution is 5.74. The second kappa shape index (κ2) is 4.66. The van der Waals surface area contributed by atoms with Crippen molar-refractivity contribution in [2.24, 2.45) is 5.41 Å². The molecule has 1 aromatic carbocycles. The normalized spacial score (nSPS) is 13.5. The van der Waals surface area contributed by atoms with Crippen LogP contribution >= 0.6 is 0 Å². The molecule has 0 heterocycles. The fourth-order valence-corrected chi connectivity index (χ4v) is 1.63. The number of carboxylic acids is 1. The molecule has 0 aromatic heterocycles. The Balaban J connectivity index is 3.14. The summed E-state index contributed by atoms with van der Waals surface area (Å²) in [6, 6.07) is 7.41. The van der Waals surface area contributed by atoms with E-state index in [4.69, 9.17) is 5.11 Å². The zero-order valence-electron chi connectivity index (χ0n) is 9.90. The maximum Gasteiger partial charge on any atom is 0.312 e. The van der Waals surface area contributed by atoms with Crippen LogP contribution in [0.4, 0.5) is 0 Å². The van der Waals surface area contributed by atoms with Crippen molar-refractivity contribution in [1.29, 1.82) is 0 Å². The van der Waals surface area contributed by atoms with Crippen LogP contribution in [0.5, 0.6) is 0 Å². The van der Waals surface area contributed by atoms with Gasteiger partial charge in [0.25, 0.3) is 0 Å². The Labute approximate surface area is 95.7 Å². The molecule has 1 aromatic rings. The Morgan fingerprint density at radius 3 is 2.44 bits per heavy atom. The Morgan fingerprint density at radius 2 is 1.94 bits per heavy atom. The van der Waals surface area contributed by atoms with E-state index in [-0.39, 0.29) is 0 Å². The van der Waals surface area contributed by atoms with Gasteiger partial charge in [-0.15, -0.1) is 0 Å². The van der Waals surface area contributed by atoms with Crippen molar-refractivity contribution in [1.82, 2.24) is 0 Å². The van der Waals surface area contributed by atoms with Crippen molar-refractivity contribution < 1.29 is 15.0 Å². The molecule has 16 heavy (non-hydrogen) atoms. The number of rotatable bonds is 4. The maximum absolute atomic E-state index is 11.1. The van der Waals surface area contributed by atoms with E-state index in [1.807, 2.05) is 25.1 Å². The standard InChI is InChI=1S/C13H18O3/c1-4-9-7-5-6-8-10(9)11(14)13(2,3)12(15)16/h5-8,11,14H,4H2,1-3H3,(H,15,16). The van der Waals surface area contributed by atoms with Crippen LogP contribution in [0, 0.1) is 5.41 Å². The van der Waals surface area contributed by atoms with E-state index < -0.39 is 17.5 Å². The average Bonchev–Trinajstić information content (AvgIpc) is 2.27. The lowest BCUT2D eigenvalue weighted by atomic mass is 9.81. The number of carboxylic acid groups (broad SMARTS) is 1. The van der Waals surface area contributed by atoms with Gasteiger partial charge >= 0.3 is 5.97 Å². The second-order valence-electron chi connectivity index (χ2n) is 4.48. The number of aryl methyl sites for hydroxylation is 1. The third-order valence-electron chi connectivity index (χ3n) is 2.97. The molecule has 0 aliphatic heterocycles. The summed E-state index contributed by atoms with van der Waals surface area (Å²) in [5.74, 6) is -0.995. The fraction of sp³-hybridized carbons (Fsp3) is 0.462. The third-order valence-corrected chi connectivity index (χ3v) is 2.97. The fourth-order valence-electron chi connectivity index (χ4n) is 1.63. The molecule has 0 amide bonds. The van der Waals surface area contributed by atoms with E-state index >= 15 is 0 Å². The van der Waals surface area contributed by atoms with Crippen molar-refractivity contribution in [3.63, 3.8) is 0 Å². The molecule has 0 saturated heterocycles. The first kappa shape index (κ1) is 12.7. The van der Waals surface area contributed by atoms with Crippen molar-refractivity contribution in [3.8, 4) is 0 Å². The van der Waals surface area contributed by atoms with E-state index in [9.17, 15) is 9.90 Å². The molecular formula is C13H18O3. The van der Waals surface area contributed by atoms with Crippen LogP contribution in [-0.2, 0) is 11.2 Å². The molecule has 0 fully saturated rings. The summed E-state index contributed by atoms with van der Waals surface area (Å²) in [6.45, 7) is 5.05. The Hall–Kier alpha value is -1.35. The quantitative estimate of drug-likeness (QED) is 0.822. The molecule has 1 atom stereocenters. The molecule has 0 spiro atoms. The zero-order chi connectivity index (χ0) is 12.3. The van der Waals surface area contributed by atoms with Crippen LogP contribution in [0.1, 0.15) is 38.0 Å². The minimum atomic E-state index is -1.18. The predicted molar refractivity (Wildman–Crippen MR) is 62.2 cm³/mol. The average molecular weight is 222 g/mol. The van der Waals surface area contributed by atoms with Gasteiger partial charge in [-0.25, -0.2) is 0 Å². The lowest BCUT2D eigenvalue weighted by molar-refractivity contribution is -0.153. The summed E-state index contributed by atoms with van der Waals surface area (Å²) in [4.78, 5) is 11.1. The van der Waals surface area contributed by atoms with E-state index in [1.54, 1.807) is 6.07 Å². The molecule has 1 unspecified atom stereocenters. The molecule has 0 saturated carbocycles. The highest BCUT2D eigenvalue weighted by Crippen LogP contribution is 2.35. The monoisotopic (exact) mass is 222 g/mol. The number of aliphatic hydroxyl groups is 1. The Morgan fingerprint density at radius 1 is 1.38 bits per heavy atom. The van der Waals surface area contributed by atoms with E-state index in [0.29, 0.717) is 5.56 Å². The predicted octanol–water partition coefficient (Wildman–Crippen LogP) is 2.39. The summed E-state index contributed by atoms with van der Waals surface area (Å²) in [6.07, 6.45) is -0.204. The smallest absolute Gasteiger partial charge is 0.312 e. The summed E-state index contributed by atoms with van der Waals surface area (Å²) >= 11 is 0. The van der Waals surface area contributed by atoms with Gasteiger partial charge in [-0.3, -0.25) is 4.79 Å². The van der Waals surface area contributed by atoms with Gasteiger partial charge in [-0.05, 0) is 31.4 Å². The van der Waals surface area contributed by atoms with Crippen LogP contribution in [0.15, 0.2) is 24.3 Å². The van der Waals surface area contributed by atoms with Crippen molar-refractivity contribution in [2.45, 2.75) is 33.3 Å². The van der Waals surface area contributed by atoms with Crippen LogP contribution < -0.4 is 0 Å². The molecule has 3 heteroatoms. The van der Waals surface area contributed by atoms with Crippen molar-refractivity contribution in [2.75, 3.05) is 0 Å². The highest BCUT2D eigenvalue weighted by atomic mass is 16.4. The van der Waals surface area contributed by atoms with E-state index in [1.165, 1.54) is 13.8 Å². The van der Waals surface area contributed by atoms with Gasteiger partial charge in [0.15, 0.2) is 0 Å². The van der Waals surface area contributed by atoms with Gasteiger partial charge in [0.05, 0.1) is 11.5 Å². The summed E-state index contributed by atoms with van der Waals surface area (Å²) in [5, 5.41) is 19.2. The van der Waals surface area contributed by atoms with E-state index in [2.05, 4.69) is 0 Å². The zero-order valence-corrected chi connectivity index (χ0v) is 9.90. The first-order chi connectivity index (χ1) is 7.41. The number of aliphatic carboxylic acids is 1. The van der Waals surface area contributed by atoms with Crippen LogP contribution in [-0.4, -0.2) is 16.2 Å². The summed E-state index contributed by atoms with van der Waals surface area (Å²) in [7, 11) is 0. The lowest BCUT2D eigenvalue weighted by Crippen LogP contribution is -2.31. The topological polar surface area (TPSA) is 57.5 Å². The van der Waals surface area contributed by atoms with Gasteiger partial charge in [-0.1, -0.05) is 31.2 Å². The number of aliphatic hydroxyl groups excluding tert-OH is 1. The molecule has 88 valence electrons. The van der Waals surface area contributed by atoms with Gasteiger partial charge < -0.3 is 10.2 Å². The van der Waals surface area contributed by atoms with Gasteiger partial charge in [-0.2, -0.15) is 0 Å². The summed E-state index contributed by atoms with van der Waals surface area (Å²) in [5.41, 5.74) is 0.521. The number of benzene rings is 1. The first-order valence-electron chi connectivity index (χ1n) is 5.40. The van der Waals surface area contributed by atoms with Crippen molar-refractivity contribution >= 4 is 5.97 Å². The van der Waals surface area contributed by atoms with Crippen molar-refractivity contribution in [3.05, 3.63) is 35.4 Å². The van der Waals surface area contributed by atoms with Gasteiger partial charge in [0.1, 0.15) is 0 Å². The van der Waals surface area contributed by atoms with Crippen LogP contribution in [0.3, 0.4) is 0 Å². The summed E-state index contributed by atoms with van der Waals surface area (Å²) < 4.78 is 0. The molecule has 2 N–H and O–H groups in total. The SMILES string of the molecule is CCc1ccccc1C(O)C(C)(C)C(=O)O. The molecule has 0 aliphatic rings. The largest absolute Gasteiger partial charge is 0.481 e. The Kier molecular flexibility index (Phi) is 3.70. The van der Waals surface area contributed by atoms with Crippen LogP contribution in [0.2, 0.25) is 0 Å². The van der Waals surface area contributed by atoms with Gasteiger partial charge in [0, 0.05) is 0 Å². The molecule has 1 rings (SSSR count). The molecule has 0 aliphatic carbocycles. The molecule has 3 nitrogen and oxygen atoms in total. The van der Waals surface area contributed by atoms with E-state index in [0.717, 1.165) is 12.0 Å². The Bertz CT molecular complexity index is 383. The van der Waals surface area contributed by atoms with Gasteiger partial charge in [0.2, 0.25) is 0 Å². The minimum absolute atomic E-state index is 0.706. The second-order valence-corrected chi connectivity index (χ2v) is 4.48. The third kappa shape index (κ3) is 2.25. The molecular weight excluding hydrogens is 204 g/mol. The minimum Gasteiger partial charge on any atom is -0.481 e. The molecule has 0 radical (unpaired) electrons. The highest BCUT2D eigenvalue weighted by Gasteiger charge is 2.37. The lowest BCUT2D eigenvalue weighted by Gasteiger charge is -2.27. The van der Waals surface area contributed by atoms with Crippen LogP contribution in [0.25, 0.3) is 0 Å². The maximum atomic E-state index is 11.1. The number of hydrogen-bond acceptors (Lipinski definition) is 2.